The van der Waals surface area contributed by atoms with Crippen molar-refractivity contribution >= 4 is 11.6 Å². The Morgan fingerprint density at radius 1 is 1.14 bits per heavy atom. The van der Waals surface area contributed by atoms with Gasteiger partial charge >= 0.3 is 0 Å². The lowest BCUT2D eigenvalue weighted by Gasteiger charge is -2.34. The van der Waals surface area contributed by atoms with Gasteiger partial charge in [-0.15, -0.1) is 0 Å². The standard InChI is InChI=1S/C17H30ClN3/c1-3-14-16(18)15(21(4-2)20-14)12-17(13-19)10-8-6-5-7-9-11-17/h3-13,19H2,1-2H3. The molecule has 120 valence electrons. The second kappa shape index (κ2) is 7.64. The molecule has 1 aromatic rings. The summed E-state index contributed by atoms with van der Waals surface area (Å²) in [5.41, 5.74) is 8.68. The molecule has 1 saturated carbocycles. The van der Waals surface area contributed by atoms with Gasteiger partial charge in [-0.3, -0.25) is 4.68 Å². The van der Waals surface area contributed by atoms with Gasteiger partial charge in [0.1, 0.15) is 0 Å². The molecule has 1 fully saturated rings. The van der Waals surface area contributed by atoms with Gasteiger partial charge in [0.05, 0.1) is 16.4 Å². The molecule has 0 atom stereocenters. The van der Waals surface area contributed by atoms with Crippen molar-refractivity contribution in [3.05, 3.63) is 16.4 Å². The SMILES string of the molecule is CCc1nn(CC)c(CC2(CN)CCCCCCC2)c1Cl. The molecule has 0 bridgehead atoms. The van der Waals surface area contributed by atoms with E-state index in [-0.39, 0.29) is 5.41 Å². The molecule has 0 aromatic carbocycles. The van der Waals surface area contributed by atoms with Gasteiger partial charge in [-0.25, -0.2) is 0 Å². The lowest BCUT2D eigenvalue weighted by Crippen LogP contribution is -2.34. The summed E-state index contributed by atoms with van der Waals surface area (Å²) in [6, 6.07) is 0. The molecule has 4 heteroatoms. The summed E-state index contributed by atoms with van der Waals surface area (Å²) in [7, 11) is 0. The lowest BCUT2D eigenvalue weighted by molar-refractivity contribution is 0.212. The third-order valence-corrected chi connectivity index (χ3v) is 5.52. The Bertz CT molecular complexity index is 445. The Morgan fingerprint density at radius 2 is 1.76 bits per heavy atom. The third kappa shape index (κ3) is 3.81. The first kappa shape index (κ1) is 16.8. The van der Waals surface area contributed by atoms with E-state index < -0.39 is 0 Å². The van der Waals surface area contributed by atoms with Crippen LogP contribution in [0.15, 0.2) is 0 Å². The first-order chi connectivity index (χ1) is 10.2. The predicted octanol–water partition coefficient (Wildman–Crippen LogP) is 4.35. The molecule has 2 rings (SSSR count). The summed E-state index contributed by atoms with van der Waals surface area (Å²) in [6.45, 7) is 5.90. The summed E-state index contributed by atoms with van der Waals surface area (Å²) >= 11 is 6.60. The molecule has 0 spiro atoms. The minimum atomic E-state index is 0.224. The minimum Gasteiger partial charge on any atom is -0.330 e. The molecule has 0 aliphatic heterocycles. The number of halogens is 1. The Balaban J connectivity index is 2.26. The van der Waals surface area contributed by atoms with Crippen LogP contribution in [0.3, 0.4) is 0 Å². The number of nitrogens with two attached hydrogens (primary N) is 1. The van der Waals surface area contributed by atoms with Crippen molar-refractivity contribution in [1.29, 1.82) is 0 Å². The zero-order valence-corrected chi connectivity index (χ0v) is 14.4. The topological polar surface area (TPSA) is 43.8 Å². The zero-order valence-electron chi connectivity index (χ0n) is 13.6. The van der Waals surface area contributed by atoms with E-state index >= 15 is 0 Å². The number of hydrogen-bond acceptors (Lipinski definition) is 2. The van der Waals surface area contributed by atoms with Crippen molar-refractivity contribution < 1.29 is 0 Å². The summed E-state index contributed by atoms with van der Waals surface area (Å²) in [5.74, 6) is 0. The van der Waals surface area contributed by atoms with Crippen LogP contribution >= 0.6 is 11.6 Å². The van der Waals surface area contributed by atoms with Gasteiger partial charge in [-0.1, -0.05) is 50.6 Å². The Labute approximate surface area is 134 Å². The second-order valence-electron chi connectivity index (χ2n) is 6.53. The predicted molar refractivity (Wildman–Crippen MR) is 89.8 cm³/mol. The summed E-state index contributed by atoms with van der Waals surface area (Å²) in [6.07, 6.45) is 11.0. The molecule has 1 aliphatic rings. The Morgan fingerprint density at radius 3 is 2.29 bits per heavy atom. The number of aryl methyl sites for hydroxylation is 2. The zero-order chi connectivity index (χ0) is 15.3. The quantitative estimate of drug-likeness (QED) is 0.878. The maximum absolute atomic E-state index is 6.60. The van der Waals surface area contributed by atoms with Crippen molar-refractivity contribution in [2.45, 2.75) is 78.2 Å². The molecule has 3 nitrogen and oxygen atoms in total. The minimum absolute atomic E-state index is 0.224. The number of nitrogens with zero attached hydrogens (tertiary/aromatic N) is 2. The summed E-state index contributed by atoms with van der Waals surface area (Å²) in [5, 5.41) is 5.55. The Hall–Kier alpha value is -0.540. The molecule has 2 N–H and O–H groups in total. The maximum atomic E-state index is 6.60. The molecule has 0 unspecified atom stereocenters. The van der Waals surface area contributed by atoms with Crippen molar-refractivity contribution in [2.75, 3.05) is 6.54 Å². The van der Waals surface area contributed by atoms with Gasteiger partial charge < -0.3 is 5.73 Å². The fourth-order valence-corrected chi connectivity index (χ4v) is 3.99. The molecule has 21 heavy (non-hydrogen) atoms. The largest absolute Gasteiger partial charge is 0.330 e. The van der Waals surface area contributed by atoms with Gasteiger partial charge in [0, 0.05) is 6.54 Å². The lowest BCUT2D eigenvalue weighted by atomic mass is 9.73. The number of aromatic nitrogens is 2. The molecule has 0 saturated heterocycles. The van der Waals surface area contributed by atoms with Crippen LogP contribution in [0.2, 0.25) is 5.02 Å². The van der Waals surface area contributed by atoms with Crippen LogP contribution in [0.5, 0.6) is 0 Å². The third-order valence-electron chi connectivity index (χ3n) is 5.08. The van der Waals surface area contributed by atoms with Crippen molar-refractivity contribution in [3.63, 3.8) is 0 Å². The highest BCUT2D eigenvalue weighted by Crippen LogP contribution is 2.38. The van der Waals surface area contributed by atoms with E-state index in [1.165, 1.54) is 50.6 Å². The maximum Gasteiger partial charge on any atom is 0.0850 e. The molecule has 0 radical (unpaired) electrons. The molecule has 1 heterocycles. The average molecular weight is 312 g/mol. The normalized spacial score (nSPS) is 19.2. The molecule has 1 aromatic heterocycles. The van der Waals surface area contributed by atoms with Crippen LogP contribution in [0, 0.1) is 5.41 Å². The first-order valence-corrected chi connectivity index (χ1v) is 8.97. The van der Waals surface area contributed by atoms with Crippen molar-refractivity contribution in [1.82, 2.24) is 9.78 Å². The Kier molecular flexibility index (Phi) is 6.12. The van der Waals surface area contributed by atoms with Crippen LogP contribution in [0.1, 0.15) is 70.2 Å². The van der Waals surface area contributed by atoms with E-state index in [0.717, 1.165) is 36.6 Å². The average Bonchev–Trinajstić information content (AvgIpc) is 2.78. The molecule has 0 amide bonds. The van der Waals surface area contributed by atoms with E-state index in [0.29, 0.717) is 0 Å². The van der Waals surface area contributed by atoms with Crippen LogP contribution in [-0.2, 0) is 19.4 Å². The van der Waals surface area contributed by atoms with Crippen LogP contribution in [-0.4, -0.2) is 16.3 Å². The van der Waals surface area contributed by atoms with E-state index in [1.54, 1.807) is 0 Å². The van der Waals surface area contributed by atoms with Gasteiger partial charge in [0.15, 0.2) is 0 Å². The van der Waals surface area contributed by atoms with E-state index in [1.807, 2.05) is 0 Å². The summed E-state index contributed by atoms with van der Waals surface area (Å²) < 4.78 is 2.09. The van der Waals surface area contributed by atoms with Crippen molar-refractivity contribution in [3.8, 4) is 0 Å². The van der Waals surface area contributed by atoms with E-state index in [9.17, 15) is 0 Å². The highest BCUT2D eigenvalue weighted by Gasteiger charge is 2.32. The summed E-state index contributed by atoms with van der Waals surface area (Å²) in [4.78, 5) is 0. The fourth-order valence-electron chi connectivity index (χ4n) is 3.65. The van der Waals surface area contributed by atoms with Gasteiger partial charge in [0.25, 0.3) is 0 Å². The van der Waals surface area contributed by atoms with E-state index in [2.05, 4.69) is 23.6 Å². The number of hydrogen-bond donors (Lipinski definition) is 1. The molecule has 1 aliphatic carbocycles. The van der Waals surface area contributed by atoms with Gasteiger partial charge in [-0.2, -0.15) is 5.10 Å². The van der Waals surface area contributed by atoms with Gasteiger partial charge in [0.2, 0.25) is 0 Å². The highest BCUT2D eigenvalue weighted by atomic mass is 35.5. The van der Waals surface area contributed by atoms with Gasteiger partial charge in [-0.05, 0) is 44.6 Å². The van der Waals surface area contributed by atoms with E-state index in [4.69, 9.17) is 17.3 Å². The molecular formula is C17H30ClN3. The monoisotopic (exact) mass is 311 g/mol. The smallest absolute Gasteiger partial charge is 0.0850 e. The fraction of sp³-hybridized carbons (Fsp3) is 0.824. The van der Waals surface area contributed by atoms with Crippen LogP contribution in [0.25, 0.3) is 0 Å². The van der Waals surface area contributed by atoms with Crippen LogP contribution < -0.4 is 5.73 Å². The van der Waals surface area contributed by atoms with Crippen LogP contribution in [0.4, 0.5) is 0 Å². The second-order valence-corrected chi connectivity index (χ2v) is 6.90. The highest BCUT2D eigenvalue weighted by molar-refractivity contribution is 6.31. The van der Waals surface area contributed by atoms with Crippen molar-refractivity contribution in [2.24, 2.45) is 11.1 Å². The molecular weight excluding hydrogens is 282 g/mol. The number of rotatable bonds is 5. The first-order valence-electron chi connectivity index (χ1n) is 8.60.